The van der Waals surface area contributed by atoms with E-state index in [1.807, 2.05) is 6.26 Å². The van der Waals surface area contributed by atoms with E-state index in [0.717, 1.165) is 31.2 Å². The SMILES string of the molecule is CSC(C)CCNCC(O)c1cc(F)ccc1F. The Kier molecular flexibility index (Phi) is 6.60. The van der Waals surface area contributed by atoms with Gasteiger partial charge in [-0.3, -0.25) is 0 Å². The largest absolute Gasteiger partial charge is 0.387 e. The topological polar surface area (TPSA) is 32.3 Å². The number of benzene rings is 1. The van der Waals surface area contributed by atoms with Crippen LogP contribution in [0.4, 0.5) is 8.78 Å². The van der Waals surface area contributed by atoms with Gasteiger partial charge in [-0.2, -0.15) is 11.8 Å². The Bertz CT molecular complexity index is 376. The van der Waals surface area contributed by atoms with Crippen LogP contribution in [0.5, 0.6) is 0 Å². The summed E-state index contributed by atoms with van der Waals surface area (Å²) >= 11 is 1.77. The summed E-state index contributed by atoms with van der Waals surface area (Å²) in [5.41, 5.74) is 0.000384. The van der Waals surface area contributed by atoms with Crippen LogP contribution >= 0.6 is 11.8 Å². The first-order chi connectivity index (χ1) is 8.54. The molecule has 0 aliphatic carbocycles. The average molecular weight is 275 g/mol. The van der Waals surface area contributed by atoms with Crippen LogP contribution in [0.3, 0.4) is 0 Å². The number of nitrogens with one attached hydrogen (secondary N) is 1. The lowest BCUT2D eigenvalue weighted by Gasteiger charge is -2.14. The zero-order chi connectivity index (χ0) is 13.5. The van der Waals surface area contributed by atoms with Crippen molar-refractivity contribution in [2.45, 2.75) is 24.7 Å². The van der Waals surface area contributed by atoms with Crippen molar-refractivity contribution in [3.63, 3.8) is 0 Å². The molecule has 0 amide bonds. The summed E-state index contributed by atoms with van der Waals surface area (Å²) in [4.78, 5) is 0. The summed E-state index contributed by atoms with van der Waals surface area (Å²) in [5.74, 6) is -1.12. The van der Waals surface area contributed by atoms with Gasteiger partial charge < -0.3 is 10.4 Å². The highest BCUT2D eigenvalue weighted by Gasteiger charge is 2.13. The molecule has 0 aliphatic rings. The lowest BCUT2D eigenvalue weighted by molar-refractivity contribution is 0.169. The number of thioether (sulfide) groups is 1. The Morgan fingerprint density at radius 3 is 2.78 bits per heavy atom. The number of halogens is 2. The lowest BCUT2D eigenvalue weighted by Crippen LogP contribution is -2.24. The Morgan fingerprint density at radius 1 is 1.39 bits per heavy atom. The number of hydrogen-bond acceptors (Lipinski definition) is 3. The van der Waals surface area contributed by atoms with Crippen molar-refractivity contribution in [1.29, 1.82) is 0 Å². The molecule has 0 spiro atoms. The van der Waals surface area contributed by atoms with Gasteiger partial charge in [-0.25, -0.2) is 8.78 Å². The van der Waals surface area contributed by atoms with E-state index in [0.29, 0.717) is 5.25 Å². The fourth-order valence-corrected chi connectivity index (χ4v) is 1.90. The minimum Gasteiger partial charge on any atom is -0.387 e. The van der Waals surface area contributed by atoms with E-state index in [4.69, 9.17) is 0 Å². The second-order valence-electron chi connectivity index (χ2n) is 4.22. The van der Waals surface area contributed by atoms with Crippen molar-refractivity contribution in [3.8, 4) is 0 Å². The molecular weight excluding hydrogens is 256 g/mol. The van der Waals surface area contributed by atoms with Crippen LogP contribution in [0, 0.1) is 11.6 Å². The van der Waals surface area contributed by atoms with Gasteiger partial charge in [-0.1, -0.05) is 6.92 Å². The van der Waals surface area contributed by atoms with Gasteiger partial charge in [0.2, 0.25) is 0 Å². The van der Waals surface area contributed by atoms with Gasteiger partial charge in [-0.15, -0.1) is 0 Å². The Labute approximate surface area is 111 Å². The maximum Gasteiger partial charge on any atom is 0.129 e. The van der Waals surface area contributed by atoms with E-state index in [9.17, 15) is 13.9 Å². The van der Waals surface area contributed by atoms with Gasteiger partial charge in [0.1, 0.15) is 11.6 Å². The molecule has 0 saturated carbocycles. The molecule has 0 aromatic heterocycles. The normalized spacial score (nSPS) is 14.5. The highest BCUT2D eigenvalue weighted by Crippen LogP contribution is 2.17. The van der Waals surface area contributed by atoms with Crippen LogP contribution in [-0.2, 0) is 0 Å². The minimum atomic E-state index is -1.02. The maximum atomic E-state index is 13.4. The Morgan fingerprint density at radius 2 is 2.11 bits per heavy atom. The molecule has 102 valence electrons. The third-order valence-corrected chi connectivity index (χ3v) is 3.83. The molecule has 0 radical (unpaired) electrons. The van der Waals surface area contributed by atoms with Gasteiger partial charge in [0.15, 0.2) is 0 Å². The van der Waals surface area contributed by atoms with Gasteiger partial charge in [0.05, 0.1) is 6.10 Å². The van der Waals surface area contributed by atoms with E-state index in [1.165, 1.54) is 0 Å². The van der Waals surface area contributed by atoms with Crippen LogP contribution in [0.1, 0.15) is 25.0 Å². The molecule has 1 aromatic carbocycles. The molecule has 0 bridgehead atoms. The summed E-state index contributed by atoms with van der Waals surface area (Å²) in [5, 5.41) is 13.4. The highest BCUT2D eigenvalue weighted by molar-refractivity contribution is 7.99. The summed E-state index contributed by atoms with van der Waals surface area (Å²) in [6.45, 7) is 3.09. The fraction of sp³-hybridized carbons (Fsp3) is 0.538. The van der Waals surface area contributed by atoms with E-state index in [2.05, 4.69) is 12.2 Å². The third-order valence-electron chi connectivity index (χ3n) is 2.78. The Balaban J connectivity index is 2.40. The van der Waals surface area contributed by atoms with Crippen LogP contribution in [0.25, 0.3) is 0 Å². The first-order valence-electron chi connectivity index (χ1n) is 5.91. The minimum absolute atomic E-state index is 0.000384. The standard InChI is InChI=1S/C13H19F2NOS/c1-9(18-2)5-6-16-8-13(17)11-7-10(14)3-4-12(11)15/h3-4,7,9,13,16-17H,5-6,8H2,1-2H3. The monoisotopic (exact) mass is 275 g/mol. The molecule has 0 heterocycles. The lowest BCUT2D eigenvalue weighted by atomic mass is 10.1. The molecule has 1 rings (SSSR count). The summed E-state index contributed by atoms with van der Waals surface area (Å²) in [6.07, 6.45) is 1.99. The van der Waals surface area contributed by atoms with Crippen molar-refractivity contribution in [3.05, 3.63) is 35.4 Å². The molecule has 2 unspecified atom stereocenters. The van der Waals surface area contributed by atoms with Crippen LogP contribution in [0.2, 0.25) is 0 Å². The van der Waals surface area contributed by atoms with E-state index in [1.54, 1.807) is 11.8 Å². The zero-order valence-corrected chi connectivity index (χ0v) is 11.4. The average Bonchev–Trinajstić information content (AvgIpc) is 2.36. The number of hydrogen-bond donors (Lipinski definition) is 2. The van der Waals surface area contributed by atoms with Crippen molar-refractivity contribution >= 4 is 11.8 Å². The molecule has 2 nitrogen and oxygen atoms in total. The van der Waals surface area contributed by atoms with Crippen molar-refractivity contribution in [1.82, 2.24) is 5.32 Å². The van der Waals surface area contributed by atoms with Crippen molar-refractivity contribution in [2.75, 3.05) is 19.3 Å². The van der Waals surface area contributed by atoms with E-state index >= 15 is 0 Å². The third kappa shape index (κ3) is 4.92. The second kappa shape index (κ2) is 7.71. The predicted molar refractivity (Wildman–Crippen MR) is 71.8 cm³/mol. The number of rotatable bonds is 7. The first kappa shape index (κ1) is 15.4. The van der Waals surface area contributed by atoms with E-state index in [-0.39, 0.29) is 12.1 Å². The smallest absolute Gasteiger partial charge is 0.129 e. The van der Waals surface area contributed by atoms with Gasteiger partial charge in [0, 0.05) is 17.4 Å². The van der Waals surface area contributed by atoms with E-state index < -0.39 is 17.7 Å². The second-order valence-corrected chi connectivity index (χ2v) is 5.50. The molecule has 0 fully saturated rings. The van der Waals surface area contributed by atoms with Crippen LogP contribution < -0.4 is 5.32 Å². The quantitative estimate of drug-likeness (QED) is 0.751. The van der Waals surface area contributed by atoms with Crippen molar-refractivity contribution < 1.29 is 13.9 Å². The fourth-order valence-electron chi connectivity index (χ4n) is 1.54. The first-order valence-corrected chi connectivity index (χ1v) is 7.20. The molecule has 0 saturated heterocycles. The molecule has 2 atom stereocenters. The highest BCUT2D eigenvalue weighted by atomic mass is 32.2. The number of aliphatic hydroxyl groups is 1. The molecular formula is C13H19F2NOS. The van der Waals surface area contributed by atoms with Gasteiger partial charge >= 0.3 is 0 Å². The summed E-state index contributed by atoms with van der Waals surface area (Å²) < 4.78 is 26.3. The molecule has 5 heteroatoms. The molecule has 0 aliphatic heterocycles. The summed E-state index contributed by atoms with van der Waals surface area (Å²) in [6, 6.07) is 3.11. The van der Waals surface area contributed by atoms with Gasteiger partial charge in [-0.05, 0) is 37.4 Å². The van der Waals surface area contributed by atoms with Crippen LogP contribution in [0.15, 0.2) is 18.2 Å². The molecule has 1 aromatic rings. The van der Waals surface area contributed by atoms with Crippen molar-refractivity contribution in [2.24, 2.45) is 0 Å². The number of aliphatic hydroxyl groups excluding tert-OH is 1. The molecule has 2 N–H and O–H groups in total. The summed E-state index contributed by atoms with van der Waals surface area (Å²) in [7, 11) is 0. The molecule has 18 heavy (non-hydrogen) atoms. The predicted octanol–water partition coefficient (Wildman–Crippen LogP) is 2.73. The maximum absolute atomic E-state index is 13.4. The Hall–Kier alpha value is -0.650. The van der Waals surface area contributed by atoms with Gasteiger partial charge in [0.25, 0.3) is 0 Å². The van der Waals surface area contributed by atoms with Crippen LogP contribution in [-0.4, -0.2) is 29.7 Å². The zero-order valence-electron chi connectivity index (χ0n) is 10.6.